The first kappa shape index (κ1) is 15.7. The predicted molar refractivity (Wildman–Crippen MR) is 81.2 cm³/mol. The fourth-order valence-corrected chi connectivity index (χ4v) is 2.38. The van der Waals surface area contributed by atoms with Crippen LogP contribution in [-0.4, -0.2) is 22.4 Å². The van der Waals surface area contributed by atoms with Crippen molar-refractivity contribution in [2.45, 2.75) is 6.36 Å². The van der Waals surface area contributed by atoms with Crippen molar-refractivity contribution in [3.63, 3.8) is 0 Å². The lowest BCUT2D eigenvalue weighted by molar-refractivity contribution is -0.274. The normalized spacial score (nSPS) is 13.8. The molecule has 1 aliphatic rings. The van der Waals surface area contributed by atoms with Gasteiger partial charge in [0.2, 0.25) is 0 Å². The fraction of sp³-hybridized carbons (Fsp3) is 0.0625. The molecular formula is C16H11F3N2O3. The average molecular weight is 336 g/mol. The molecule has 0 saturated heterocycles. The zero-order valence-electron chi connectivity index (χ0n) is 12.1. The topological polar surface area (TPSA) is 65.6 Å². The van der Waals surface area contributed by atoms with Gasteiger partial charge in [-0.3, -0.25) is 4.90 Å². The van der Waals surface area contributed by atoms with Crippen LogP contribution in [-0.2, 0) is 0 Å². The SMILES string of the molecule is C=C1C=Cc2cc(C(=O)O)[nH]c2N1c1ccc(OC(F)(F)F)cc1. The number of halogens is 3. The highest BCUT2D eigenvalue weighted by molar-refractivity contribution is 5.91. The molecule has 5 nitrogen and oxygen atoms in total. The zero-order valence-corrected chi connectivity index (χ0v) is 12.1. The van der Waals surface area contributed by atoms with Crippen LogP contribution in [0.1, 0.15) is 16.1 Å². The van der Waals surface area contributed by atoms with E-state index in [-0.39, 0.29) is 11.4 Å². The van der Waals surface area contributed by atoms with Gasteiger partial charge in [0.15, 0.2) is 0 Å². The maximum absolute atomic E-state index is 12.2. The summed E-state index contributed by atoms with van der Waals surface area (Å²) in [5.41, 5.74) is 1.68. The van der Waals surface area contributed by atoms with Crippen LogP contribution >= 0.6 is 0 Å². The Hall–Kier alpha value is -3.16. The van der Waals surface area contributed by atoms with E-state index in [1.807, 2.05) is 0 Å². The van der Waals surface area contributed by atoms with Crippen molar-refractivity contribution < 1.29 is 27.8 Å². The molecule has 0 saturated carbocycles. The molecule has 0 radical (unpaired) electrons. The van der Waals surface area contributed by atoms with Crippen LogP contribution in [0.5, 0.6) is 5.75 Å². The Kier molecular flexibility index (Phi) is 3.59. The van der Waals surface area contributed by atoms with Crippen molar-refractivity contribution in [2.24, 2.45) is 0 Å². The molecule has 0 spiro atoms. The quantitative estimate of drug-likeness (QED) is 0.877. The molecule has 2 aromatic rings. The van der Waals surface area contributed by atoms with Gasteiger partial charge in [0.25, 0.3) is 0 Å². The fourth-order valence-electron chi connectivity index (χ4n) is 2.38. The molecule has 1 aromatic heterocycles. The molecule has 1 aromatic carbocycles. The number of nitrogens with one attached hydrogen (secondary N) is 1. The van der Waals surface area contributed by atoms with Gasteiger partial charge < -0.3 is 14.8 Å². The molecule has 24 heavy (non-hydrogen) atoms. The summed E-state index contributed by atoms with van der Waals surface area (Å²) in [4.78, 5) is 15.5. The van der Waals surface area contributed by atoms with Gasteiger partial charge in [-0.05, 0) is 42.5 Å². The van der Waals surface area contributed by atoms with Gasteiger partial charge in [0.1, 0.15) is 17.3 Å². The Morgan fingerprint density at radius 3 is 2.46 bits per heavy atom. The standard InChI is InChI=1S/C16H11F3N2O3/c1-9-2-3-10-8-13(15(22)23)20-14(10)21(9)11-4-6-12(7-5-11)24-16(17,18)19/h2-8,20H,1H2,(H,22,23). The van der Waals surface area contributed by atoms with Crippen LogP contribution in [0.15, 0.2) is 48.7 Å². The number of carbonyl (C=O) groups is 1. The van der Waals surface area contributed by atoms with E-state index in [1.165, 1.54) is 30.3 Å². The Bertz CT molecular complexity index is 835. The van der Waals surface area contributed by atoms with Crippen molar-refractivity contribution in [2.75, 3.05) is 4.90 Å². The highest BCUT2D eigenvalue weighted by Gasteiger charge is 2.31. The predicted octanol–water partition coefficient (Wildman–Crippen LogP) is 4.29. The Morgan fingerprint density at radius 1 is 1.21 bits per heavy atom. The van der Waals surface area contributed by atoms with Crippen molar-refractivity contribution in [1.82, 2.24) is 4.98 Å². The smallest absolute Gasteiger partial charge is 0.477 e. The Morgan fingerprint density at radius 2 is 1.88 bits per heavy atom. The third-order valence-electron chi connectivity index (χ3n) is 3.35. The van der Waals surface area contributed by atoms with Crippen molar-refractivity contribution in [3.8, 4) is 5.75 Å². The van der Waals surface area contributed by atoms with Gasteiger partial charge in [-0.15, -0.1) is 13.2 Å². The van der Waals surface area contributed by atoms with Gasteiger partial charge in [0.05, 0.1) is 0 Å². The van der Waals surface area contributed by atoms with E-state index >= 15 is 0 Å². The summed E-state index contributed by atoms with van der Waals surface area (Å²) in [6, 6.07) is 6.67. The van der Waals surface area contributed by atoms with Crippen molar-refractivity contribution in [3.05, 3.63) is 59.9 Å². The van der Waals surface area contributed by atoms with E-state index < -0.39 is 12.3 Å². The number of allylic oxidation sites excluding steroid dienone is 1. The van der Waals surface area contributed by atoms with Crippen LogP contribution < -0.4 is 9.64 Å². The molecule has 0 fully saturated rings. The number of aromatic amines is 1. The van der Waals surface area contributed by atoms with E-state index in [0.717, 1.165) is 0 Å². The summed E-state index contributed by atoms with van der Waals surface area (Å²) in [5.74, 6) is -0.982. The van der Waals surface area contributed by atoms with Crippen LogP contribution in [0, 0.1) is 0 Å². The number of fused-ring (bicyclic) bond motifs is 1. The first-order valence-corrected chi connectivity index (χ1v) is 6.74. The van der Waals surface area contributed by atoms with Crippen LogP contribution in [0.3, 0.4) is 0 Å². The molecule has 1 aliphatic heterocycles. The average Bonchev–Trinajstić information content (AvgIpc) is 2.91. The number of carboxylic acid groups (broad SMARTS) is 1. The van der Waals surface area contributed by atoms with Gasteiger partial charge in [0, 0.05) is 16.9 Å². The highest BCUT2D eigenvalue weighted by atomic mass is 19.4. The number of aromatic nitrogens is 1. The first-order chi connectivity index (χ1) is 11.2. The van der Waals surface area contributed by atoms with E-state index in [0.29, 0.717) is 22.8 Å². The third-order valence-corrected chi connectivity index (χ3v) is 3.35. The minimum absolute atomic E-state index is 0.00127. The molecule has 8 heteroatoms. The monoisotopic (exact) mass is 336 g/mol. The lowest BCUT2D eigenvalue weighted by atomic mass is 10.1. The van der Waals surface area contributed by atoms with E-state index in [2.05, 4.69) is 16.3 Å². The molecule has 0 amide bonds. The Balaban J connectivity index is 1.96. The summed E-state index contributed by atoms with van der Waals surface area (Å²) in [6.07, 6.45) is -1.37. The number of hydrogen-bond donors (Lipinski definition) is 2. The lowest BCUT2D eigenvalue weighted by Gasteiger charge is -2.27. The number of benzene rings is 1. The number of alkyl halides is 3. The molecule has 0 unspecified atom stereocenters. The van der Waals surface area contributed by atoms with E-state index in [4.69, 9.17) is 5.11 Å². The number of rotatable bonds is 3. The van der Waals surface area contributed by atoms with Crippen LogP contribution in [0.25, 0.3) is 6.08 Å². The maximum atomic E-state index is 12.2. The molecule has 0 bridgehead atoms. The molecular weight excluding hydrogens is 325 g/mol. The summed E-state index contributed by atoms with van der Waals surface area (Å²) in [7, 11) is 0. The maximum Gasteiger partial charge on any atom is 0.573 e. The van der Waals surface area contributed by atoms with Gasteiger partial charge in [-0.1, -0.05) is 6.58 Å². The second kappa shape index (κ2) is 5.48. The lowest BCUT2D eigenvalue weighted by Crippen LogP contribution is -2.19. The number of aromatic carboxylic acids is 1. The molecule has 2 heterocycles. The summed E-state index contributed by atoms with van der Waals surface area (Å²) < 4.78 is 40.5. The molecule has 0 aliphatic carbocycles. The van der Waals surface area contributed by atoms with E-state index in [1.54, 1.807) is 17.1 Å². The molecule has 2 N–H and O–H groups in total. The third kappa shape index (κ3) is 2.98. The van der Waals surface area contributed by atoms with E-state index in [9.17, 15) is 18.0 Å². The second-order valence-electron chi connectivity index (χ2n) is 4.99. The second-order valence-corrected chi connectivity index (χ2v) is 4.99. The minimum Gasteiger partial charge on any atom is -0.477 e. The first-order valence-electron chi connectivity index (χ1n) is 6.74. The summed E-state index contributed by atoms with van der Waals surface area (Å²) in [5, 5.41) is 9.08. The van der Waals surface area contributed by atoms with Gasteiger partial charge in [-0.2, -0.15) is 0 Å². The number of H-pyrrole nitrogens is 1. The zero-order chi connectivity index (χ0) is 17.5. The molecule has 3 rings (SSSR count). The largest absolute Gasteiger partial charge is 0.573 e. The summed E-state index contributed by atoms with van der Waals surface area (Å²) in [6.45, 7) is 3.87. The molecule has 0 atom stereocenters. The number of ether oxygens (including phenoxy) is 1. The van der Waals surface area contributed by atoms with Gasteiger partial charge >= 0.3 is 12.3 Å². The van der Waals surface area contributed by atoms with Crippen molar-refractivity contribution >= 4 is 23.6 Å². The number of anilines is 2. The van der Waals surface area contributed by atoms with Crippen molar-refractivity contribution in [1.29, 1.82) is 0 Å². The number of hydrogen-bond acceptors (Lipinski definition) is 3. The van der Waals surface area contributed by atoms with Crippen LogP contribution in [0.4, 0.5) is 24.7 Å². The van der Waals surface area contributed by atoms with Crippen LogP contribution in [0.2, 0.25) is 0 Å². The Labute approximate surface area is 134 Å². The number of carboxylic acids is 1. The summed E-state index contributed by atoms with van der Waals surface area (Å²) >= 11 is 0. The van der Waals surface area contributed by atoms with Gasteiger partial charge in [-0.25, -0.2) is 4.79 Å². The minimum atomic E-state index is -4.76. The molecule has 124 valence electrons. The number of nitrogens with zero attached hydrogens (tertiary/aromatic N) is 1. The highest BCUT2D eigenvalue weighted by Crippen LogP contribution is 2.37.